The van der Waals surface area contributed by atoms with E-state index >= 15 is 0 Å². The molecule has 13 heavy (non-hydrogen) atoms. The third kappa shape index (κ3) is 3.67. The summed E-state index contributed by atoms with van der Waals surface area (Å²) in [6, 6.07) is 0.340. The third-order valence-corrected chi connectivity index (χ3v) is 2.80. The van der Waals surface area contributed by atoms with Crippen LogP contribution in [0, 0.1) is 5.92 Å². The molecule has 1 fully saturated rings. The van der Waals surface area contributed by atoms with Crippen molar-refractivity contribution in [1.82, 2.24) is 4.90 Å². The van der Waals surface area contributed by atoms with Gasteiger partial charge in [-0.25, -0.2) is 0 Å². The fourth-order valence-corrected chi connectivity index (χ4v) is 2.10. The number of likely N-dealkylation sites (tertiary alicyclic amines) is 1. The van der Waals surface area contributed by atoms with Crippen LogP contribution in [0.2, 0.25) is 0 Å². The van der Waals surface area contributed by atoms with E-state index < -0.39 is 0 Å². The van der Waals surface area contributed by atoms with Crippen LogP contribution < -0.4 is 5.73 Å². The quantitative estimate of drug-likeness (QED) is 0.740. The normalized spacial score (nSPS) is 32.2. The Bertz CT molecular complexity index is 181. The van der Waals surface area contributed by atoms with Gasteiger partial charge in [-0.1, -0.05) is 18.5 Å². The first kappa shape index (κ1) is 11.0. The van der Waals surface area contributed by atoms with E-state index in [-0.39, 0.29) is 0 Å². The van der Waals surface area contributed by atoms with Crippen molar-refractivity contribution < 1.29 is 0 Å². The topological polar surface area (TPSA) is 29.3 Å². The van der Waals surface area contributed by atoms with Crippen LogP contribution in [0.4, 0.5) is 0 Å². The molecule has 1 aliphatic rings. The van der Waals surface area contributed by atoms with Gasteiger partial charge in [-0.3, -0.25) is 4.90 Å². The van der Waals surface area contributed by atoms with E-state index in [1.807, 2.05) is 0 Å². The molecule has 76 valence electrons. The highest BCUT2D eigenvalue weighted by Gasteiger charge is 2.21. The maximum absolute atomic E-state index is 5.94. The molecule has 0 aromatic rings. The summed E-state index contributed by atoms with van der Waals surface area (Å²) in [4.78, 5) is 2.38. The lowest BCUT2D eigenvalue weighted by Crippen LogP contribution is -2.46. The maximum Gasteiger partial charge on any atom is 0.0202 e. The molecule has 2 N–H and O–H groups in total. The van der Waals surface area contributed by atoms with Gasteiger partial charge in [-0.2, -0.15) is 0 Å². The summed E-state index contributed by atoms with van der Waals surface area (Å²) in [7, 11) is 0. The van der Waals surface area contributed by atoms with Crippen molar-refractivity contribution in [3.63, 3.8) is 0 Å². The second-order valence-corrected chi connectivity index (χ2v) is 4.47. The molecule has 0 radical (unpaired) electrons. The van der Waals surface area contributed by atoms with Crippen molar-refractivity contribution in [2.75, 3.05) is 19.6 Å². The molecule has 1 rings (SSSR count). The zero-order valence-electron chi connectivity index (χ0n) is 8.46. The van der Waals surface area contributed by atoms with Gasteiger partial charge in [0.2, 0.25) is 0 Å². The molecule has 1 aliphatic heterocycles. The number of piperidine rings is 1. The molecule has 2 unspecified atom stereocenters. The summed E-state index contributed by atoms with van der Waals surface area (Å²) in [5.74, 6) is 0.715. The van der Waals surface area contributed by atoms with Crippen molar-refractivity contribution in [1.29, 1.82) is 0 Å². The molecule has 0 aliphatic carbocycles. The summed E-state index contributed by atoms with van der Waals surface area (Å²) < 4.78 is 0. The van der Waals surface area contributed by atoms with Crippen LogP contribution in [0.3, 0.4) is 0 Å². The Morgan fingerprint density at radius 1 is 1.62 bits per heavy atom. The van der Waals surface area contributed by atoms with Crippen LogP contribution in [0.5, 0.6) is 0 Å². The van der Waals surface area contributed by atoms with Crippen molar-refractivity contribution >= 4 is 11.6 Å². The third-order valence-electron chi connectivity index (χ3n) is 2.43. The van der Waals surface area contributed by atoms with E-state index in [0.29, 0.717) is 12.0 Å². The Balaban J connectivity index is 2.41. The minimum atomic E-state index is 0.340. The molecular formula is C10H19ClN2. The minimum Gasteiger partial charge on any atom is -0.327 e. The number of hydrogen-bond donors (Lipinski definition) is 1. The molecule has 0 bridgehead atoms. The van der Waals surface area contributed by atoms with Crippen molar-refractivity contribution in [3.8, 4) is 0 Å². The van der Waals surface area contributed by atoms with Crippen LogP contribution in [0.25, 0.3) is 0 Å². The van der Waals surface area contributed by atoms with Gasteiger partial charge in [0.15, 0.2) is 0 Å². The first-order chi connectivity index (χ1) is 6.11. The van der Waals surface area contributed by atoms with Gasteiger partial charge in [0.05, 0.1) is 0 Å². The van der Waals surface area contributed by atoms with Crippen molar-refractivity contribution in [2.45, 2.75) is 26.3 Å². The lowest BCUT2D eigenvalue weighted by molar-refractivity contribution is 0.178. The van der Waals surface area contributed by atoms with E-state index in [9.17, 15) is 0 Å². The van der Waals surface area contributed by atoms with E-state index in [0.717, 1.165) is 26.1 Å². The molecule has 0 saturated carbocycles. The SMILES string of the molecule is CC(=CCl)CN1CC(C)CC(N)C1. The fraction of sp³-hybridized carbons (Fsp3) is 0.800. The van der Waals surface area contributed by atoms with Crippen LogP contribution in [0.1, 0.15) is 20.3 Å². The van der Waals surface area contributed by atoms with Gasteiger partial charge in [0, 0.05) is 31.2 Å². The molecule has 1 heterocycles. The Labute approximate surface area is 85.7 Å². The Morgan fingerprint density at radius 3 is 2.85 bits per heavy atom. The first-order valence-corrected chi connectivity index (χ1v) is 5.29. The van der Waals surface area contributed by atoms with Crippen molar-refractivity contribution in [2.24, 2.45) is 11.7 Å². The molecule has 0 spiro atoms. The zero-order valence-corrected chi connectivity index (χ0v) is 9.22. The predicted molar refractivity (Wildman–Crippen MR) is 57.8 cm³/mol. The molecule has 0 aromatic carbocycles. The highest BCUT2D eigenvalue weighted by Crippen LogP contribution is 2.15. The van der Waals surface area contributed by atoms with Crippen LogP contribution in [-0.4, -0.2) is 30.6 Å². The average Bonchev–Trinajstić information content (AvgIpc) is 2.02. The summed E-state index contributed by atoms with van der Waals surface area (Å²) in [6.45, 7) is 7.42. The lowest BCUT2D eigenvalue weighted by atomic mass is 9.96. The van der Waals surface area contributed by atoms with Gasteiger partial charge >= 0.3 is 0 Å². The molecule has 3 heteroatoms. The number of rotatable bonds is 2. The monoisotopic (exact) mass is 202 g/mol. The van der Waals surface area contributed by atoms with Gasteiger partial charge in [-0.05, 0) is 24.8 Å². The van der Waals surface area contributed by atoms with Gasteiger partial charge in [0.25, 0.3) is 0 Å². The van der Waals surface area contributed by atoms with E-state index in [4.69, 9.17) is 17.3 Å². The molecule has 0 aromatic heterocycles. The second-order valence-electron chi connectivity index (χ2n) is 4.25. The summed E-state index contributed by atoms with van der Waals surface area (Å²) in [5, 5.41) is 0. The fourth-order valence-electron chi connectivity index (χ4n) is 2.03. The Morgan fingerprint density at radius 2 is 2.31 bits per heavy atom. The number of nitrogens with two attached hydrogens (primary N) is 1. The average molecular weight is 203 g/mol. The highest BCUT2D eigenvalue weighted by molar-refractivity contribution is 6.25. The van der Waals surface area contributed by atoms with E-state index in [2.05, 4.69) is 18.7 Å². The standard InChI is InChI=1S/C10H19ClN2/c1-8-3-10(12)7-13(5-8)6-9(2)4-11/h4,8,10H,3,5-7,12H2,1-2H3. The predicted octanol–water partition coefficient (Wildman–Crippen LogP) is 1.80. The number of hydrogen-bond acceptors (Lipinski definition) is 2. The molecule has 0 amide bonds. The molecule has 1 saturated heterocycles. The largest absolute Gasteiger partial charge is 0.327 e. The van der Waals surface area contributed by atoms with Crippen LogP contribution >= 0.6 is 11.6 Å². The Kier molecular flexibility index (Phi) is 4.23. The smallest absolute Gasteiger partial charge is 0.0202 e. The highest BCUT2D eigenvalue weighted by atomic mass is 35.5. The Hall–Kier alpha value is -0.0500. The summed E-state index contributed by atoms with van der Waals surface area (Å²) in [5.41, 5.74) is 8.81. The van der Waals surface area contributed by atoms with Crippen LogP contribution in [0.15, 0.2) is 11.1 Å². The lowest BCUT2D eigenvalue weighted by Gasteiger charge is -2.34. The van der Waals surface area contributed by atoms with Crippen molar-refractivity contribution in [3.05, 3.63) is 11.1 Å². The zero-order chi connectivity index (χ0) is 9.84. The maximum atomic E-state index is 5.94. The van der Waals surface area contributed by atoms with Gasteiger partial charge in [-0.15, -0.1) is 0 Å². The minimum absolute atomic E-state index is 0.340. The van der Waals surface area contributed by atoms with Crippen LogP contribution in [-0.2, 0) is 0 Å². The van der Waals surface area contributed by atoms with E-state index in [1.165, 1.54) is 5.57 Å². The second kappa shape index (κ2) is 4.99. The molecule has 2 nitrogen and oxygen atoms in total. The number of nitrogens with zero attached hydrogens (tertiary/aromatic N) is 1. The van der Waals surface area contributed by atoms with Gasteiger partial charge < -0.3 is 5.73 Å². The number of halogens is 1. The van der Waals surface area contributed by atoms with E-state index in [1.54, 1.807) is 5.54 Å². The van der Waals surface area contributed by atoms with Gasteiger partial charge in [0.1, 0.15) is 0 Å². The molecular weight excluding hydrogens is 184 g/mol. The molecule has 2 atom stereocenters. The summed E-state index contributed by atoms with van der Waals surface area (Å²) in [6.07, 6.45) is 1.15. The first-order valence-electron chi connectivity index (χ1n) is 4.85. The summed E-state index contributed by atoms with van der Waals surface area (Å²) >= 11 is 5.62.